The highest BCUT2D eigenvalue weighted by Gasteiger charge is 2.32. The molecule has 1 fully saturated rings. The molecule has 92 valence electrons. The van der Waals surface area contributed by atoms with E-state index in [2.05, 4.69) is 31.5 Å². The smallest absolute Gasteiger partial charge is 0.245 e. The first-order valence-corrected chi connectivity index (χ1v) is 6.19. The van der Waals surface area contributed by atoms with Crippen molar-refractivity contribution in [3.63, 3.8) is 0 Å². The summed E-state index contributed by atoms with van der Waals surface area (Å²) in [6.07, 6.45) is 0.780. The van der Waals surface area contributed by atoms with Gasteiger partial charge in [-0.2, -0.15) is 0 Å². The molecule has 0 unspecified atom stereocenters. The molecular formula is C11H14BrN3O2. The fraction of sp³-hybridized carbons (Fsp3) is 0.455. The van der Waals surface area contributed by atoms with E-state index in [0.29, 0.717) is 10.4 Å². The van der Waals surface area contributed by atoms with Crippen molar-refractivity contribution in [2.45, 2.75) is 18.6 Å². The van der Waals surface area contributed by atoms with Crippen molar-refractivity contribution in [2.75, 3.05) is 19.0 Å². The number of carbonyl (C=O) groups is 1. The molecule has 6 heteroatoms. The van der Waals surface area contributed by atoms with Crippen LogP contribution in [0, 0.1) is 0 Å². The maximum Gasteiger partial charge on any atom is 0.245 e. The van der Waals surface area contributed by atoms with Gasteiger partial charge in [-0.15, -0.1) is 0 Å². The summed E-state index contributed by atoms with van der Waals surface area (Å²) >= 11 is 3.26. The topological polar surface area (TPSA) is 63.2 Å². The SMILES string of the molecule is CO[C@@H]1CCN[C@@H]1C(=O)Nc1cccc(Br)n1. The van der Waals surface area contributed by atoms with Crippen LogP contribution in [0.2, 0.25) is 0 Å². The Morgan fingerprint density at radius 2 is 2.47 bits per heavy atom. The molecule has 0 bridgehead atoms. The number of nitrogens with one attached hydrogen (secondary N) is 2. The molecule has 0 radical (unpaired) electrons. The van der Waals surface area contributed by atoms with Gasteiger partial charge in [0, 0.05) is 7.11 Å². The fourth-order valence-corrected chi connectivity index (χ4v) is 2.22. The van der Waals surface area contributed by atoms with Gasteiger partial charge in [-0.05, 0) is 41.0 Å². The number of nitrogens with zero attached hydrogens (tertiary/aromatic N) is 1. The molecule has 1 aromatic heterocycles. The fourth-order valence-electron chi connectivity index (χ4n) is 1.88. The van der Waals surface area contributed by atoms with Crippen molar-refractivity contribution in [3.8, 4) is 0 Å². The standard InChI is InChI=1S/C11H14BrN3O2/c1-17-7-5-6-13-10(7)11(16)15-9-4-2-3-8(12)14-9/h2-4,7,10,13H,5-6H2,1H3,(H,14,15,16)/t7-,10+/m1/s1. The number of aromatic nitrogens is 1. The van der Waals surface area contributed by atoms with Crippen LogP contribution >= 0.6 is 15.9 Å². The number of methoxy groups -OCH3 is 1. The first-order chi connectivity index (χ1) is 8.20. The molecule has 2 rings (SSSR count). The molecule has 0 aliphatic carbocycles. The molecule has 1 aromatic rings. The molecule has 0 spiro atoms. The number of amides is 1. The zero-order valence-electron chi connectivity index (χ0n) is 9.44. The van der Waals surface area contributed by atoms with Gasteiger partial charge in [0.2, 0.25) is 5.91 Å². The maximum atomic E-state index is 12.0. The molecule has 2 atom stereocenters. The number of rotatable bonds is 3. The van der Waals surface area contributed by atoms with Gasteiger partial charge in [-0.3, -0.25) is 4.79 Å². The summed E-state index contributed by atoms with van der Waals surface area (Å²) in [5, 5.41) is 5.88. The number of halogens is 1. The Kier molecular flexibility index (Phi) is 4.09. The summed E-state index contributed by atoms with van der Waals surface area (Å²) in [7, 11) is 1.62. The Morgan fingerprint density at radius 1 is 1.65 bits per heavy atom. The average Bonchev–Trinajstić information content (AvgIpc) is 2.77. The van der Waals surface area contributed by atoms with E-state index in [1.807, 2.05) is 6.07 Å². The Balaban J connectivity index is 2.01. The zero-order valence-corrected chi connectivity index (χ0v) is 11.0. The molecule has 0 aromatic carbocycles. The van der Waals surface area contributed by atoms with Gasteiger partial charge >= 0.3 is 0 Å². The number of carbonyl (C=O) groups excluding carboxylic acids is 1. The van der Waals surface area contributed by atoms with Crippen molar-refractivity contribution < 1.29 is 9.53 Å². The second-order valence-electron chi connectivity index (χ2n) is 3.83. The van der Waals surface area contributed by atoms with E-state index in [9.17, 15) is 4.79 Å². The number of hydrogen-bond donors (Lipinski definition) is 2. The molecule has 1 aliphatic rings. The van der Waals surface area contributed by atoms with E-state index in [-0.39, 0.29) is 18.1 Å². The predicted octanol–water partition coefficient (Wildman–Crippen LogP) is 1.16. The Bertz CT molecular complexity index is 413. The number of pyridine rings is 1. The third kappa shape index (κ3) is 3.02. The summed E-state index contributed by atoms with van der Waals surface area (Å²) in [6.45, 7) is 0.794. The Hall–Kier alpha value is -0.980. The predicted molar refractivity (Wildman–Crippen MR) is 67.8 cm³/mol. The minimum absolute atomic E-state index is 0.0675. The van der Waals surface area contributed by atoms with Crippen molar-refractivity contribution in [2.24, 2.45) is 0 Å². The zero-order chi connectivity index (χ0) is 12.3. The molecule has 0 saturated carbocycles. The van der Waals surface area contributed by atoms with Crippen LogP contribution in [-0.4, -0.2) is 36.7 Å². The molecular weight excluding hydrogens is 286 g/mol. The summed E-state index contributed by atoms with van der Waals surface area (Å²) in [6, 6.07) is 5.07. The van der Waals surface area contributed by atoms with E-state index in [1.165, 1.54) is 0 Å². The van der Waals surface area contributed by atoms with Crippen LogP contribution in [0.3, 0.4) is 0 Å². The lowest BCUT2D eigenvalue weighted by atomic mass is 10.1. The Labute approximate surface area is 108 Å². The lowest BCUT2D eigenvalue weighted by Gasteiger charge is -2.17. The van der Waals surface area contributed by atoms with Crippen LogP contribution in [0.4, 0.5) is 5.82 Å². The second-order valence-corrected chi connectivity index (χ2v) is 4.64. The largest absolute Gasteiger partial charge is 0.379 e. The second kappa shape index (κ2) is 5.57. The van der Waals surface area contributed by atoms with Gasteiger partial charge in [-0.25, -0.2) is 4.98 Å². The van der Waals surface area contributed by atoms with E-state index >= 15 is 0 Å². The van der Waals surface area contributed by atoms with E-state index in [1.54, 1.807) is 19.2 Å². The highest BCUT2D eigenvalue weighted by Crippen LogP contribution is 2.14. The molecule has 1 amide bonds. The van der Waals surface area contributed by atoms with Crippen LogP contribution < -0.4 is 10.6 Å². The monoisotopic (exact) mass is 299 g/mol. The third-order valence-corrected chi connectivity index (χ3v) is 3.16. The molecule has 1 saturated heterocycles. The number of ether oxygens (including phenoxy) is 1. The molecule has 17 heavy (non-hydrogen) atoms. The summed E-state index contributed by atoms with van der Waals surface area (Å²) in [5.41, 5.74) is 0. The van der Waals surface area contributed by atoms with Crippen molar-refractivity contribution in [3.05, 3.63) is 22.8 Å². The quantitative estimate of drug-likeness (QED) is 0.822. The molecule has 5 nitrogen and oxygen atoms in total. The minimum atomic E-state index is -0.305. The van der Waals surface area contributed by atoms with Crippen molar-refractivity contribution >= 4 is 27.7 Å². The van der Waals surface area contributed by atoms with Crippen LogP contribution in [0.5, 0.6) is 0 Å². The molecule has 2 heterocycles. The minimum Gasteiger partial charge on any atom is -0.379 e. The average molecular weight is 300 g/mol. The van der Waals surface area contributed by atoms with Gasteiger partial charge in [0.15, 0.2) is 0 Å². The van der Waals surface area contributed by atoms with Gasteiger partial charge in [-0.1, -0.05) is 6.07 Å². The van der Waals surface area contributed by atoms with E-state index < -0.39 is 0 Å². The van der Waals surface area contributed by atoms with Gasteiger partial charge in [0.25, 0.3) is 0 Å². The first-order valence-electron chi connectivity index (χ1n) is 5.40. The highest BCUT2D eigenvalue weighted by molar-refractivity contribution is 9.10. The normalized spacial score (nSPS) is 23.6. The van der Waals surface area contributed by atoms with Crippen LogP contribution in [-0.2, 0) is 9.53 Å². The lowest BCUT2D eigenvalue weighted by molar-refractivity contribution is -0.120. The summed E-state index contributed by atoms with van der Waals surface area (Å²) in [5.74, 6) is 0.424. The van der Waals surface area contributed by atoms with Crippen molar-refractivity contribution in [1.82, 2.24) is 10.3 Å². The summed E-state index contributed by atoms with van der Waals surface area (Å²) in [4.78, 5) is 16.1. The van der Waals surface area contributed by atoms with E-state index in [0.717, 1.165) is 13.0 Å². The summed E-state index contributed by atoms with van der Waals surface area (Å²) < 4.78 is 5.95. The maximum absolute atomic E-state index is 12.0. The molecule has 2 N–H and O–H groups in total. The van der Waals surface area contributed by atoms with Crippen LogP contribution in [0.1, 0.15) is 6.42 Å². The van der Waals surface area contributed by atoms with Crippen LogP contribution in [0.15, 0.2) is 22.8 Å². The lowest BCUT2D eigenvalue weighted by Crippen LogP contribution is -2.43. The van der Waals surface area contributed by atoms with Gasteiger partial charge in [0.1, 0.15) is 16.5 Å². The highest BCUT2D eigenvalue weighted by atomic mass is 79.9. The van der Waals surface area contributed by atoms with Gasteiger partial charge < -0.3 is 15.4 Å². The molecule has 1 aliphatic heterocycles. The third-order valence-electron chi connectivity index (χ3n) is 2.72. The van der Waals surface area contributed by atoms with Crippen molar-refractivity contribution in [1.29, 1.82) is 0 Å². The first kappa shape index (κ1) is 12.5. The van der Waals surface area contributed by atoms with E-state index in [4.69, 9.17) is 4.74 Å². The Morgan fingerprint density at radius 3 is 3.18 bits per heavy atom. The van der Waals surface area contributed by atoms with Gasteiger partial charge in [0.05, 0.1) is 6.10 Å². The number of hydrogen-bond acceptors (Lipinski definition) is 4. The van der Waals surface area contributed by atoms with Crippen LogP contribution in [0.25, 0.3) is 0 Å². The number of anilines is 1.